The number of carbonyl (C=O) groups is 1. The molecule has 9 atom stereocenters. The van der Waals surface area contributed by atoms with Crippen molar-refractivity contribution in [3.8, 4) is 0 Å². The van der Waals surface area contributed by atoms with E-state index in [2.05, 4.69) is 20.4 Å². The molecule has 4 aliphatic carbocycles. The summed E-state index contributed by atoms with van der Waals surface area (Å²) in [5, 5.41) is 34.5. The molecule has 0 radical (unpaired) electrons. The van der Waals surface area contributed by atoms with Gasteiger partial charge in [0.15, 0.2) is 12.1 Å². The molecule has 0 aromatic heterocycles. The van der Waals surface area contributed by atoms with Gasteiger partial charge in [0.25, 0.3) is 0 Å². The molecule has 2 spiro atoms. The van der Waals surface area contributed by atoms with Crippen molar-refractivity contribution >= 4 is 5.78 Å². The molecule has 6 nitrogen and oxygen atoms in total. The minimum absolute atomic E-state index is 0.242. The molecule has 3 N–H and O–H groups in total. The molecule has 2 heterocycles. The Morgan fingerprint density at radius 1 is 1.19 bits per heavy atom. The van der Waals surface area contributed by atoms with Gasteiger partial charge in [-0.2, -0.15) is 0 Å². The number of carbonyl (C=O) groups excluding carboxylic acids is 1. The van der Waals surface area contributed by atoms with E-state index in [-0.39, 0.29) is 29.0 Å². The number of ether oxygens (including phenoxy) is 2. The fourth-order valence-corrected chi connectivity index (χ4v) is 8.27. The second-order valence-corrected chi connectivity index (χ2v) is 10.2. The molecule has 2 aliphatic heterocycles. The van der Waals surface area contributed by atoms with Crippen molar-refractivity contribution in [2.45, 2.75) is 70.2 Å². The average Bonchev–Trinajstić information content (AvgIpc) is 2.72. The first-order valence-electron chi connectivity index (χ1n) is 10.1. The van der Waals surface area contributed by atoms with E-state index in [1.807, 2.05) is 0 Å². The van der Waals surface area contributed by atoms with E-state index in [0.717, 1.165) is 19.3 Å². The van der Waals surface area contributed by atoms with Crippen LogP contribution < -0.4 is 0 Å². The SMILES string of the molecule is C=C1C(=O)[C@]23[C@H](O)[C@H]1CC[C@H]2[C@]12CCCC(C)(C)[C@H]1[C@H](O)[C@@]3(O)O[C@@H]2OC. The predicted molar refractivity (Wildman–Crippen MR) is 95.2 cm³/mol. The summed E-state index contributed by atoms with van der Waals surface area (Å²) in [6.07, 6.45) is 0.892. The van der Waals surface area contributed by atoms with E-state index in [1.165, 1.54) is 0 Å². The van der Waals surface area contributed by atoms with Crippen LogP contribution in [0, 0.1) is 34.0 Å². The summed E-state index contributed by atoms with van der Waals surface area (Å²) in [5.74, 6) is -3.46. The van der Waals surface area contributed by atoms with Gasteiger partial charge in [-0.3, -0.25) is 4.79 Å². The van der Waals surface area contributed by atoms with Crippen LogP contribution in [0.5, 0.6) is 0 Å². The van der Waals surface area contributed by atoms with Crippen LogP contribution in [0.15, 0.2) is 12.2 Å². The fourth-order valence-electron chi connectivity index (χ4n) is 8.27. The molecule has 0 aromatic carbocycles. The van der Waals surface area contributed by atoms with Crippen LogP contribution >= 0.6 is 0 Å². The highest BCUT2D eigenvalue weighted by Crippen LogP contribution is 2.77. The number of hydrogen-bond acceptors (Lipinski definition) is 6. The van der Waals surface area contributed by atoms with Gasteiger partial charge in [0, 0.05) is 24.4 Å². The summed E-state index contributed by atoms with van der Waals surface area (Å²) in [4.78, 5) is 13.5. The van der Waals surface area contributed by atoms with E-state index >= 15 is 0 Å². The lowest BCUT2D eigenvalue weighted by Gasteiger charge is -2.75. The van der Waals surface area contributed by atoms with Gasteiger partial charge in [0.2, 0.25) is 5.79 Å². The van der Waals surface area contributed by atoms with Gasteiger partial charge in [0.05, 0.1) is 6.10 Å². The van der Waals surface area contributed by atoms with Gasteiger partial charge < -0.3 is 24.8 Å². The van der Waals surface area contributed by atoms with E-state index in [4.69, 9.17) is 9.47 Å². The first-order chi connectivity index (χ1) is 12.6. The van der Waals surface area contributed by atoms with Crippen LogP contribution in [0.25, 0.3) is 0 Å². The van der Waals surface area contributed by atoms with E-state index < -0.39 is 35.1 Å². The second kappa shape index (κ2) is 5.03. The number of methoxy groups -OCH3 is 1. The lowest BCUT2D eigenvalue weighted by Crippen LogP contribution is -2.85. The Labute approximate surface area is 159 Å². The minimum atomic E-state index is -2.17. The molecule has 6 fully saturated rings. The number of aliphatic hydroxyl groups is 3. The van der Waals surface area contributed by atoms with Crippen molar-refractivity contribution in [2.24, 2.45) is 34.0 Å². The lowest BCUT2D eigenvalue weighted by molar-refractivity contribution is -0.500. The lowest BCUT2D eigenvalue weighted by atomic mass is 9.36. The van der Waals surface area contributed by atoms with Crippen molar-refractivity contribution in [1.29, 1.82) is 0 Å². The zero-order chi connectivity index (χ0) is 19.6. The van der Waals surface area contributed by atoms with Crippen LogP contribution in [-0.4, -0.2) is 52.5 Å². The average molecular weight is 378 g/mol. The van der Waals surface area contributed by atoms with E-state index in [9.17, 15) is 20.1 Å². The Morgan fingerprint density at radius 3 is 2.56 bits per heavy atom. The van der Waals surface area contributed by atoms with Gasteiger partial charge in [-0.05, 0) is 42.6 Å². The Balaban J connectivity index is 1.82. The Morgan fingerprint density at radius 2 is 1.89 bits per heavy atom. The van der Waals surface area contributed by atoms with E-state index in [0.29, 0.717) is 18.4 Å². The molecule has 0 unspecified atom stereocenters. The predicted octanol–water partition coefficient (Wildman–Crippen LogP) is 1.38. The highest BCUT2D eigenvalue weighted by atomic mass is 16.7. The summed E-state index contributed by atoms with van der Waals surface area (Å²) < 4.78 is 11.8. The number of fused-ring (bicyclic) bond motifs is 2. The third-order valence-electron chi connectivity index (χ3n) is 9.03. The zero-order valence-corrected chi connectivity index (χ0v) is 16.3. The van der Waals surface area contributed by atoms with Crippen molar-refractivity contribution in [1.82, 2.24) is 0 Å². The monoisotopic (exact) mass is 378 g/mol. The first kappa shape index (κ1) is 18.3. The van der Waals surface area contributed by atoms with Crippen LogP contribution in [0.4, 0.5) is 0 Å². The van der Waals surface area contributed by atoms with Crippen LogP contribution in [0.2, 0.25) is 0 Å². The van der Waals surface area contributed by atoms with Gasteiger partial charge >= 0.3 is 0 Å². The molecule has 150 valence electrons. The van der Waals surface area contributed by atoms with Gasteiger partial charge in [-0.15, -0.1) is 0 Å². The highest BCUT2D eigenvalue weighted by Gasteiger charge is 2.87. The second-order valence-electron chi connectivity index (χ2n) is 10.2. The maximum Gasteiger partial charge on any atom is 0.211 e. The van der Waals surface area contributed by atoms with E-state index in [1.54, 1.807) is 7.11 Å². The Hall–Kier alpha value is -0.790. The Kier molecular flexibility index (Phi) is 3.40. The maximum absolute atomic E-state index is 13.5. The van der Waals surface area contributed by atoms with Crippen LogP contribution in [0.3, 0.4) is 0 Å². The molecule has 4 saturated carbocycles. The first-order valence-corrected chi connectivity index (χ1v) is 10.1. The molecule has 6 heteroatoms. The van der Waals surface area contributed by atoms with Crippen molar-refractivity contribution < 1.29 is 29.6 Å². The van der Waals surface area contributed by atoms with Crippen LogP contribution in [0.1, 0.15) is 46.0 Å². The summed E-state index contributed by atoms with van der Waals surface area (Å²) in [7, 11) is 1.55. The smallest absolute Gasteiger partial charge is 0.211 e. The van der Waals surface area contributed by atoms with Crippen molar-refractivity contribution in [3.63, 3.8) is 0 Å². The number of aliphatic hydroxyl groups excluding tert-OH is 2. The summed E-state index contributed by atoms with van der Waals surface area (Å²) >= 11 is 0. The number of hydrogen-bond donors (Lipinski definition) is 3. The fraction of sp³-hybridized carbons (Fsp3) is 0.857. The molecule has 2 saturated heterocycles. The largest absolute Gasteiger partial charge is 0.391 e. The zero-order valence-electron chi connectivity index (χ0n) is 16.3. The Bertz CT molecular complexity index is 732. The van der Waals surface area contributed by atoms with Crippen molar-refractivity contribution in [2.75, 3.05) is 7.11 Å². The summed E-state index contributed by atoms with van der Waals surface area (Å²) in [6, 6.07) is 0. The summed E-state index contributed by atoms with van der Waals surface area (Å²) in [5.41, 5.74) is -2.05. The molecular formula is C21H30O6. The summed E-state index contributed by atoms with van der Waals surface area (Å²) in [6.45, 7) is 8.16. The molecule has 27 heavy (non-hydrogen) atoms. The molecule has 0 amide bonds. The van der Waals surface area contributed by atoms with Crippen molar-refractivity contribution in [3.05, 3.63) is 12.2 Å². The van der Waals surface area contributed by atoms with Gasteiger partial charge in [0.1, 0.15) is 11.5 Å². The highest BCUT2D eigenvalue weighted by molar-refractivity contribution is 6.05. The number of ketones is 1. The van der Waals surface area contributed by atoms with Gasteiger partial charge in [-0.25, -0.2) is 0 Å². The molecule has 6 rings (SSSR count). The molecule has 4 bridgehead atoms. The molecular weight excluding hydrogens is 348 g/mol. The normalized spacial score (nSPS) is 58.1. The number of Topliss-reactive ketones (excluding diaryl/α,β-unsaturated/α-hetero) is 1. The standard InChI is InChI=1S/C21H30O6/c1-10-11-6-7-12-19-9-5-8-18(2,3)13(19)16(24)21(25,27-17(19)26-4)20(12,14(10)22)15(11)23/h11-13,15-17,23-25H,1,5-9H2,2-4H3/t11-,12-,13+,15+,16-,17-,19+,20-,21+/m0/s1. The molecule has 6 aliphatic rings. The minimum Gasteiger partial charge on any atom is -0.391 e. The maximum atomic E-state index is 13.5. The third kappa shape index (κ3) is 1.60. The topological polar surface area (TPSA) is 96.2 Å². The quantitative estimate of drug-likeness (QED) is 0.597. The third-order valence-corrected chi connectivity index (χ3v) is 9.03. The molecule has 0 aromatic rings. The number of rotatable bonds is 1. The van der Waals surface area contributed by atoms with Crippen LogP contribution in [-0.2, 0) is 14.3 Å². The van der Waals surface area contributed by atoms with Gasteiger partial charge in [-0.1, -0.05) is 26.8 Å².